The molecular weight excluding hydrogens is 388 g/mol. The molecule has 0 radical (unpaired) electrons. The van der Waals surface area contributed by atoms with E-state index in [4.69, 9.17) is 4.74 Å². The molecule has 1 heterocycles. The van der Waals surface area contributed by atoms with Gasteiger partial charge in [-0.2, -0.15) is 4.31 Å². The number of carbonyl (C=O) groups excluding carboxylic acids is 1. The lowest BCUT2D eigenvalue weighted by Crippen LogP contribution is -2.42. The van der Waals surface area contributed by atoms with E-state index in [0.29, 0.717) is 36.4 Å². The molecule has 2 aromatic rings. The first-order valence-corrected chi connectivity index (χ1v) is 11.3. The zero-order valence-electron chi connectivity index (χ0n) is 17.1. The lowest BCUT2D eigenvalue weighted by atomic mass is 9.94. The Kier molecular flexibility index (Phi) is 6.59. The van der Waals surface area contributed by atoms with E-state index in [-0.39, 0.29) is 17.2 Å². The number of anilines is 1. The van der Waals surface area contributed by atoms with E-state index in [1.54, 1.807) is 35.7 Å². The number of piperidine rings is 1. The molecule has 0 spiro atoms. The highest BCUT2D eigenvalue weighted by molar-refractivity contribution is 7.89. The molecular formula is C22H28N2O4S. The summed E-state index contributed by atoms with van der Waals surface area (Å²) in [4.78, 5) is 12.6. The van der Waals surface area contributed by atoms with Gasteiger partial charge in [0.1, 0.15) is 5.75 Å². The van der Waals surface area contributed by atoms with E-state index >= 15 is 0 Å². The van der Waals surface area contributed by atoms with Gasteiger partial charge < -0.3 is 10.1 Å². The van der Waals surface area contributed by atoms with Gasteiger partial charge in [-0.25, -0.2) is 8.42 Å². The SMILES string of the molecule is COc1ccccc1CC(=O)Nc1ccc(S(=O)(=O)N2C[C@H](C)C[C@@H](C)C2)cc1. The van der Waals surface area contributed by atoms with Gasteiger partial charge in [-0.15, -0.1) is 0 Å². The Bertz CT molecular complexity index is 947. The maximum atomic E-state index is 12.9. The first-order valence-electron chi connectivity index (χ1n) is 9.81. The van der Waals surface area contributed by atoms with Crippen molar-refractivity contribution in [1.82, 2.24) is 4.31 Å². The number of sulfonamides is 1. The average molecular weight is 417 g/mol. The van der Waals surface area contributed by atoms with Gasteiger partial charge in [0.15, 0.2) is 0 Å². The zero-order chi connectivity index (χ0) is 21.0. The molecule has 1 N–H and O–H groups in total. The molecule has 3 rings (SSSR count). The lowest BCUT2D eigenvalue weighted by Gasteiger charge is -2.34. The number of nitrogens with zero attached hydrogens (tertiary/aromatic N) is 1. The van der Waals surface area contributed by atoms with E-state index in [1.165, 1.54) is 0 Å². The number of hydrogen-bond acceptors (Lipinski definition) is 4. The summed E-state index contributed by atoms with van der Waals surface area (Å²) in [5, 5.41) is 2.81. The first kappa shape index (κ1) is 21.3. The van der Waals surface area contributed by atoms with Crippen molar-refractivity contribution in [2.24, 2.45) is 11.8 Å². The van der Waals surface area contributed by atoms with Crippen LogP contribution in [0.3, 0.4) is 0 Å². The summed E-state index contributed by atoms with van der Waals surface area (Å²) < 4.78 is 32.7. The van der Waals surface area contributed by atoms with Crippen LogP contribution in [0.2, 0.25) is 0 Å². The van der Waals surface area contributed by atoms with Crippen LogP contribution in [0, 0.1) is 11.8 Å². The molecule has 1 aliphatic heterocycles. The van der Waals surface area contributed by atoms with Gasteiger partial charge in [-0.3, -0.25) is 4.79 Å². The maximum absolute atomic E-state index is 12.9. The Morgan fingerprint density at radius 3 is 2.31 bits per heavy atom. The van der Waals surface area contributed by atoms with Crippen LogP contribution < -0.4 is 10.1 Å². The largest absolute Gasteiger partial charge is 0.496 e. The highest BCUT2D eigenvalue weighted by Crippen LogP contribution is 2.27. The van der Waals surface area contributed by atoms with Crippen LogP contribution in [0.15, 0.2) is 53.4 Å². The number of nitrogens with one attached hydrogen (secondary N) is 1. The molecule has 0 aliphatic carbocycles. The molecule has 1 saturated heterocycles. The van der Waals surface area contributed by atoms with Crippen molar-refractivity contribution >= 4 is 21.6 Å². The summed E-state index contributed by atoms with van der Waals surface area (Å²) in [6.07, 6.45) is 1.22. The molecule has 0 bridgehead atoms. The highest BCUT2D eigenvalue weighted by atomic mass is 32.2. The van der Waals surface area contributed by atoms with E-state index in [0.717, 1.165) is 12.0 Å². The third kappa shape index (κ3) is 5.16. The van der Waals surface area contributed by atoms with Crippen molar-refractivity contribution in [3.63, 3.8) is 0 Å². The number of rotatable bonds is 6. The number of amides is 1. The van der Waals surface area contributed by atoms with Crippen LogP contribution >= 0.6 is 0 Å². The second-order valence-electron chi connectivity index (χ2n) is 7.83. The third-order valence-corrected chi connectivity index (χ3v) is 7.00. The number of para-hydroxylation sites is 1. The molecule has 0 unspecified atom stereocenters. The smallest absolute Gasteiger partial charge is 0.243 e. The quantitative estimate of drug-likeness (QED) is 0.781. The van der Waals surface area contributed by atoms with E-state index < -0.39 is 10.0 Å². The predicted octanol–water partition coefficient (Wildman–Crippen LogP) is 3.54. The third-order valence-electron chi connectivity index (χ3n) is 5.15. The molecule has 0 saturated carbocycles. The minimum Gasteiger partial charge on any atom is -0.496 e. The topological polar surface area (TPSA) is 75.7 Å². The number of carbonyl (C=O) groups is 1. The molecule has 29 heavy (non-hydrogen) atoms. The van der Waals surface area contributed by atoms with Crippen LogP contribution in [0.25, 0.3) is 0 Å². The molecule has 1 amide bonds. The van der Waals surface area contributed by atoms with Crippen LogP contribution in [-0.4, -0.2) is 38.8 Å². The van der Waals surface area contributed by atoms with Gasteiger partial charge in [0, 0.05) is 24.3 Å². The van der Waals surface area contributed by atoms with Crippen LogP contribution in [0.1, 0.15) is 25.8 Å². The molecule has 156 valence electrons. The van der Waals surface area contributed by atoms with Gasteiger partial charge in [0.2, 0.25) is 15.9 Å². The summed E-state index contributed by atoms with van der Waals surface area (Å²) >= 11 is 0. The molecule has 7 heteroatoms. The fraction of sp³-hybridized carbons (Fsp3) is 0.409. The standard InChI is InChI=1S/C22H28N2O4S/c1-16-12-17(2)15-24(14-16)29(26,27)20-10-8-19(9-11-20)23-22(25)13-18-6-4-5-7-21(18)28-3/h4-11,16-17H,12-15H2,1-3H3,(H,23,25)/t16-,17-/m1/s1. The summed E-state index contributed by atoms with van der Waals surface area (Å²) in [5.41, 5.74) is 1.35. The average Bonchev–Trinajstić information content (AvgIpc) is 2.68. The van der Waals surface area contributed by atoms with Crippen LogP contribution in [-0.2, 0) is 21.2 Å². The van der Waals surface area contributed by atoms with Gasteiger partial charge in [-0.1, -0.05) is 32.0 Å². The first-order chi connectivity index (χ1) is 13.8. The van der Waals surface area contributed by atoms with E-state index in [9.17, 15) is 13.2 Å². The molecule has 1 aliphatic rings. The van der Waals surface area contributed by atoms with Crippen LogP contribution in [0.4, 0.5) is 5.69 Å². The monoisotopic (exact) mass is 416 g/mol. The molecule has 0 aromatic heterocycles. The Morgan fingerprint density at radius 1 is 1.07 bits per heavy atom. The highest BCUT2D eigenvalue weighted by Gasteiger charge is 2.31. The van der Waals surface area contributed by atoms with E-state index in [2.05, 4.69) is 19.2 Å². The van der Waals surface area contributed by atoms with Crippen molar-refractivity contribution in [2.75, 3.05) is 25.5 Å². The van der Waals surface area contributed by atoms with E-state index in [1.807, 2.05) is 24.3 Å². The molecule has 2 aromatic carbocycles. The second kappa shape index (κ2) is 8.97. The zero-order valence-corrected chi connectivity index (χ0v) is 17.9. The minimum atomic E-state index is -3.53. The number of hydrogen-bond donors (Lipinski definition) is 1. The fourth-order valence-corrected chi connectivity index (χ4v) is 5.57. The summed E-state index contributed by atoms with van der Waals surface area (Å²) in [5.74, 6) is 1.17. The lowest BCUT2D eigenvalue weighted by molar-refractivity contribution is -0.115. The van der Waals surface area contributed by atoms with Crippen molar-refractivity contribution in [3.8, 4) is 5.75 Å². The molecule has 6 nitrogen and oxygen atoms in total. The Hall–Kier alpha value is -2.38. The number of ether oxygens (including phenoxy) is 1. The Labute approximate surface area is 172 Å². The summed E-state index contributed by atoms with van der Waals surface area (Å²) in [6.45, 7) is 5.26. The summed E-state index contributed by atoms with van der Waals surface area (Å²) in [6, 6.07) is 13.7. The van der Waals surface area contributed by atoms with Gasteiger partial charge in [-0.05, 0) is 48.6 Å². The minimum absolute atomic E-state index is 0.174. The number of methoxy groups -OCH3 is 1. The van der Waals surface area contributed by atoms with Gasteiger partial charge >= 0.3 is 0 Å². The van der Waals surface area contributed by atoms with Gasteiger partial charge in [0.25, 0.3) is 0 Å². The Morgan fingerprint density at radius 2 is 1.69 bits per heavy atom. The predicted molar refractivity (Wildman–Crippen MR) is 113 cm³/mol. The van der Waals surface area contributed by atoms with Gasteiger partial charge in [0.05, 0.1) is 18.4 Å². The maximum Gasteiger partial charge on any atom is 0.243 e. The normalized spacial score (nSPS) is 20.2. The van der Waals surface area contributed by atoms with Crippen molar-refractivity contribution in [3.05, 3.63) is 54.1 Å². The molecule has 2 atom stereocenters. The number of benzene rings is 2. The van der Waals surface area contributed by atoms with Crippen LogP contribution in [0.5, 0.6) is 5.75 Å². The van der Waals surface area contributed by atoms with Crippen molar-refractivity contribution in [1.29, 1.82) is 0 Å². The molecule has 1 fully saturated rings. The van der Waals surface area contributed by atoms with Crippen molar-refractivity contribution < 1.29 is 17.9 Å². The van der Waals surface area contributed by atoms with Crippen molar-refractivity contribution in [2.45, 2.75) is 31.6 Å². The summed E-state index contributed by atoms with van der Waals surface area (Å²) in [7, 11) is -1.96. The Balaban J connectivity index is 1.67. The second-order valence-corrected chi connectivity index (χ2v) is 9.77. The fourth-order valence-electron chi connectivity index (χ4n) is 3.89.